The molecule has 0 unspecified atom stereocenters. The summed E-state index contributed by atoms with van der Waals surface area (Å²) in [6, 6.07) is 0. The summed E-state index contributed by atoms with van der Waals surface area (Å²) in [6.45, 7) is 8.25. The molecule has 3 N–H and O–H groups in total. The number of carboxylic acids is 1. The lowest BCUT2D eigenvalue weighted by Gasteiger charge is -2.19. The largest absolute Gasteiger partial charge is 0.479 e. The number of aryl methyl sites for hydroxylation is 1. The fourth-order valence-electron chi connectivity index (χ4n) is 2.83. The molecule has 0 saturated carbocycles. The van der Waals surface area contributed by atoms with Crippen molar-refractivity contribution in [1.82, 2.24) is 14.8 Å². The first-order valence-electron chi connectivity index (χ1n) is 8.41. The van der Waals surface area contributed by atoms with E-state index < -0.39 is 17.4 Å². The van der Waals surface area contributed by atoms with Crippen LogP contribution in [0.5, 0.6) is 0 Å². The number of Topliss-reactive ketones (excluding diaryl/α,β-unsaturated/α-hetero) is 1. The van der Waals surface area contributed by atoms with E-state index in [2.05, 4.69) is 15.4 Å². The highest BCUT2D eigenvalue weighted by Crippen LogP contribution is 2.23. The number of aromatic nitrogens is 3. The van der Waals surface area contributed by atoms with Gasteiger partial charge in [0.1, 0.15) is 5.69 Å². The molecule has 0 saturated heterocycles. The van der Waals surface area contributed by atoms with Gasteiger partial charge in [0, 0.05) is 17.5 Å². The van der Waals surface area contributed by atoms with Gasteiger partial charge in [0.2, 0.25) is 0 Å². The molecule has 2 heterocycles. The fraction of sp³-hybridized carbons (Fsp3) is 0.444. The molecule has 0 aromatic carbocycles. The molecular formula is C18H24N4O4. The molecule has 26 heavy (non-hydrogen) atoms. The Morgan fingerprint density at radius 1 is 1.35 bits per heavy atom. The van der Waals surface area contributed by atoms with Crippen molar-refractivity contribution >= 4 is 23.3 Å². The first-order valence-corrected chi connectivity index (χ1v) is 8.41. The third-order valence-corrected chi connectivity index (χ3v) is 4.31. The van der Waals surface area contributed by atoms with E-state index in [0.717, 1.165) is 6.42 Å². The Kier molecular flexibility index (Phi) is 5.34. The van der Waals surface area contributed by atoms with Crippen molar-refractivity contribution in [1.29, 1.82) is 0 Å². The first kappa shape index (κ1) is 19.4. The summed E-state index contributed by atoms with van der Waals surface area (Å²) in [5.41, 5.74) is 1.41. The van der Waals surface area contributed by atoms with Gasteiger partial charge in [-0.1, -0.05) is 13.3 Å². The number of nitrogens with one attached hydrogen (secondary N) is 2. The van der Waals surface area contributed by atoms with E-state index in [1.807, 2.05) is 6.92 Å². The van der Waals surface area contributed by atoms with Crippen LogP contribution in [0.15, 0.2) is 12.4 Å². The smallest absolute Gasteiger partial charge is 0.331 e. The molecule has 8 heteroatoms. The van der Waals surface area contributed by atoms with Gasteiger partial charge in [-0.15, -0.1) is 0 Å². The molecule has 0 bridgehead atoms. The second kappa shape index (κ2) is 7.15. The predicted molar refractivity (Wildman–Crippen MR) is 96.7 cm³/mol. The SMILES string of the molecule is CCCc1c(C(=O)Nc2cnn(C(C)(C)C(=O)O)c2)[nH]c(C)c1C(C)=O. The first-order chi connectivity index (χ1) is 12.1. The molecule has 140 valence electrons. The number of ketones is 1. The van der Waals surface area contributed by atoms with Gasteiger partial charge in [-0.05, 0) is 39.7 Å². The van der Waals surface area contributed by atoms with Crippen molar-refractivity contribution in [2.45, 2.75) is 53.0 Å². The Bertz CT molecular complexity index is 861. The van der Waals surface area contributed by atoms with Gasteiger partial charge in [0.05, 0.1) is 11.9 Å². The van der Waals surface area contributed by atoms with Gasteiger partial charge in [0.15, 0.2) is 11.3 Å². The summed E-state index contributed by atoms with van der Waals surface area (Å²) < 4.78 is 1.28. The molecule has 2 aromatic rings. The van der Waals surface area contributed by atoms with Crippen LogP contribution in [0.25, 0.3) is 0 Å². The van der Waals surface area contributed by atoms with Crippen LogP contribution >= 0.6 is 0 Å². The summed E-state index contributed by atoms with van der Waals surface area (Å²) in [6.07, 6.45) is 4.26. The second-order valence-electron chi connectivity index (χ2n) is 6.78. The van der Waals surface area contributed by atoms with Crippen molar-refractivity contribution in [2.24, 2.45) is 0 Å². The third-order valence-electron chi connectivity index (χ3n) is 4.31. The van der Waals surface area contributed by atoms with Gasteiger partial charge in [-0.2, -0.15) is 5.10 Å². The van der Waals surface area contributed by atoms with Crippen LogP contribution in [0.3, 0.4) is 0 Å². The van der Waals surface area contributed by atoms with Gasteiger partial charge in [-0.3, -0.25) is 14.3 Å². The minimum absolute atomic E-state index is 0.0859. The van der Waals surface area contributed by atoms with Crippen LogP contribution in [-0.4, -0.2) is 37.5 Å². The fourth-order valence-corrected chi connectivity index (χ4v) is 2.83. The van der Waals surface area contributed by atoms with E-state index in [0.29, 0.717) is 34.6 Å². The van der Waals surface area contributed by atoms with Crippen molar-refractivity contribution < 1.29 is 19.5 Å². The second-order valence-corrected chi connectivity index (χ2v) is 6.78. The zero-order chi connectivity index (χ0) is 19.6. The molecule has 2 aromatic heterocycles. The average Bonchev–Trinajstić information content (AvgIpc) is 3.12. The Balaban J connectivity index is 2.32. The van der Waals surface area contributed by atoms with Crippen molar-refractivity contribution in [2.75, 3.05) is 5.32 Å². The summed E-state index contributed by atoms with van der Waals surface area (Å²) in [5, 5.41) is 16.0. The Hall–Kier alpha value is -2.90. The molecule has 0 spiro atoms. The van der Waals surface area contributed by atoms with Crippen LogP contribution in [0.4, 0.5) is 5.69 Å². The molecule has 0 radical (unpaired) electrons. The highest BCUT2D eigenvalue weighted by molar-refractivity contribution is 6.07. The van der Waals surface area contributed by atoms with Crippen LogP contribution < -0.4 is 5.32 Å². The van der Waals surface area contributed by atoms with E-state index in [1.165, 1.54) is 37.8 Å². The summed E-state index contributed by atoms with van der Waals surface area (Å²) >= 11 is 0. The van der Waals surface area contributed by atoms with Gasteiger partial charge in [-0.25, -0.2) is 4.79 Å². The maximum Gasteiger partial charge on any atom is 0.331 e. The van der Waals surface area contributed by atoms with Crippen molar-refractivity contribution in [3.8, 4) is 0 Å². The number of carbonyl (C=O) groups is 3. The topological polar surface area (TPSA) is 117 Å². The van der Waals surface area contributed by atoms with E-state index in [1.54, 1.807) is 6.92 Å². The summed E-state index contributed by atoms with van der Waals surface area (Å²) in [4.78, 5) is 38.9. The zero-order valence-corrected chi connectivity index (χ0v) is 15.6. The highest BCUT2D eigenvalue weighted by Gasteiger charge is 2.30. The molecule has 2 rings (SSSR count). The normalized spacial score (nSPS) is 11.4. The van der Waals surface area contributed by atoms with Crippen molar-refractivity contribution in [3.05, 3.63) is 34.9 Å². The van der Waals surface area contributed by atoms with E-state index in [-0.39, 0.29) is 5.78 Å². The number of H-pyrrole nitrogens is 1. The zero-order valence-electron chi connectivity index (χ0n) is 15.6. The monoisotopic (exact) mass is 360 g/mol. The number of hydrogen-bond donors (Lipinski definition) is 3. The molecule has 1 amide bonds. The van der Waals surface area contributed by atoms with Crippen molar-refractivity contribution in [3.63, 3.8) is 0 Å². The molecule has 8 nitrogen and oxygen atoms in total. The standard InChI is InChI=1S/C18H24N4O4/c1-6-7-13-14(11(3)23)10(2)20-15(13)16(24)21-12-8-19-22(9-12)18(4,5)17(25)26/h8-9,20H,6-7H2,1-5H3,(H,21,24)(H,25,26). The number of hydrogen-bond acceptors (Lipinski definition) is 4. The lowest BCUT2D eigenvalue weighted by Crippen LogP contribution is -2.35. The molecule has 0 aliphatic carbocycles. The predicted octanol–water partition coefficient (Wildman–Crippen LogP) is 2.75. The van der Waals surface area contributed by atoms with E-state index in [4.69, 9.17) is 0 Å². The molecule has 0 atom stereocenters. The molecule has 0 fully saturated rings. The van der Waals surface area contributed by atoms with Gasteiger partial charge < -0.3 is 15.4 Å². The Morgan fingerprint density at radius 2 is 2.00 bits per heavy atom. The number of amides is 1. The summed E-state index contributed by atoms with van der Waals surface area (Å²) in [7, 11) is 0. The minimum atomic E-state index is -1.23. The van der Waals surface area contributed by atoms with E-state index in [9.17, 15) is 19.5 Å². The average molecular weight is 360 g/mol. The van der Waals surface area contributed by atoms with Crippen LogP contribution in [0, 0.1) is 6.92 Å². The maximum absolute atomic E-state index is 12.7. The quantitative estimate of drug-likeness (QED) is 0.656. The summed E-state index contributed by atoms with van der Waals surface area (Å²) in [5.74, 6) is -1.51. The number of rotatable bonds is 7. The number of carboxylic acid groups (broad SMARTS) is 1. The minimum Gasteiger partial charge on any atom is -0.479 e. The van der Waals surface area contributed by atoms with Gasteiger partial charge in [0.25, 0.3) is 5.91 Å². The maximum atomic E-state index is 12.7. The lowest BCUT2D eigenvalue weighted by molar-refractivity contribution is -0.146. The number of nitrogens with zero attached hydrogens (tertiary/aromatic N) is 2. The highest BCUT2D eigenvalue weighted by atomic mass is 16.4. The number of aliphatic carboxylic acids is 1. The van der Waals surface area contributed by atoms with Crippen LogP contribution in [0.2, 0.25) is 0 Å². The lowest BCUT2D eigenvalue weighted by atomic mass is 10.0. The molecule has 0 aliphatic heterocycles. The third kappa shape index (κ3) is 3.54. The van der Waals surface area contributed by atoms with Crippen LogP contribution in [0.1, 0.15) is 66.2 Å². The number of anilines is 1. The Morgan fingerprint density at radius 3 is 2.54 bits per heavy atom. The number of aromatic amines is 1. The Labute approximate surface area is 151 Å². The molecule has 0 aliphatic rings. The van der Waals surface area contributed by atoms with E-state index >= 15 is 0 Å². The van der Waals surface area contributed by atoms with Gasteiger partial charge >= 0.3 is 5.97 Å². The number of carbonyl (C=O) groups excluding carboxylic acids is 2. The van der Waals surface area contributed by atoms with Crippen LogP contribution in [-0.2, 0) is 16.8 Å². The molecular weight excluding hydrogens is 336 g/mol.